The van der Waals surface area contributed by atoms with Crippen LogP contribution in [-0.4, -0.2) is 29.9 Å². The van der Waals surface area contributed by atoms with Gasteiger partial charge in [0.15, 0.2) is 0 Å². The third kappa shape index (κ3) is 2.33. The van der Waals surface area contributed by atoms with Crippen molar-refractivity contribution in [2.75, 3.05) is 13.1 Å². The van der Waals surface area contributed by atoms with Gasteiger partial charge in [-0.05, 0) is 31.6 Å². The first kappa shape index (κ1) is 10.9. The van der Waals surface area contributed by atoms with E-state index in [-0.39, 0.29) is 5.92 Å². The Hall–Kier alpha value is -0.570. The van der Waals surface area contributed by atoms with E-state index in [0.717, 1.165) is 13.0 Å². The molecule has 3 nitrogen and oxygen atoms in total. The molecule has 2 unspecified atom stereocenters. The number of nitrogens with zero attached hydrogens (tertiary/aromatic N) is 1. The maximum Gasteiger partial charge on any atom is 0.226 e. The van der Waals surface area contributed by atoms with Gasteiger partial charge in [0.25, 0.3) is 0 Å². The van der Waals surface area contributed by atoms with Crippen LogP contribution in [0.25, 0.3) is 0 Å². The van der Waals surface area contributed by atoms with Crippen LogP contribution in [0.5, 0.6) is 0 Å². The maximum absolute atomic E-state index is 12.3. The highest BCUT2D eigenvalue weighted by Crippen LogP contribution is 2.35. The minimum atomic E-state index is 0.289. The average molecular weight is 210 g/mol. The summed E-state index contributed by atoms with van der Waals surface area (Å²) in [5.41, 5.74) is 5.57. The van der Waals surface area contributed by atoms with Gasteiger partial charge in [-0.15, -0.1) is 0 Å². The minimum absolute atomic E-state index is 0.289. The Morgan fingerprint density at radius 2 is 2.07 bits per heavy atom. The van der Waals surface area contributed by atoms with E-state index in [4.69, 9.17) is 5.73 Å². The lowest BCUT2D eigenvalue weighted by atomic mass is 9.96. The van der Waals surface area contributed by atoms with Gasteiger partial charge in [0, 0.05) is 25.0 Å². The molecule has 2 atom stereocenters. The van der Waals surface area contributed by atoms with Gasteiger partial charge < -0.3 is 10.6 Å². The normalized spacial score (nSPS) is 30.5. The Morgan fingerprint density at radius 3 is 2.53 bits per heavy atom. The van der Waals surface area contributed by atoms with Crippen LogP contribution in [0.1, 0.15) is 39.0 Å². The lowest BCUT2D eigenvalue weighted by Gasteiger charge is -2.26. The molecule has 2 aliphatic carbocycles. The number of carbonyl (C=O) groups is 1. The lowest BCUT2D eigenvalue weighted by Crippen LogP contribution is -2.41. The molecule has 0 spiro atoms. The number of hydrogen-bond acceptors (Lipinski definition) is 2. The van der Waals surface area contributed by atoms with Crippen molar-refractivity contribution >= 4 is 5.91 Å². The fourth-order valence-corrected chi connectivity index (χ4v) is 2.72. The summed E-state index contributed by atoms with van der Waals surface area (Å²) in [5.74, 6) is 1.25. The molecule has 0 aromatic heterocycles. The quantitative estimate of drug-likeness (QED) is 0.762. The molecule has 0 bridgehead atoms. The second-order valence-corrected chi connectivity index (χ2v) is 5.07. The molecule has 3 heteroatoms. The molecular formula is C12H22N2O. The van der Waals surface area contributed by atoms with Gasteiger partial charge in [-0.1, -0.05) is 13.3 Å². The second kappa shape index (κ2) is 4.52. The zero-order chi connectivity index (χ0) is 10.8. The van der Waals surface area contributed by atoms with Crippen LogP contribution in [0, 0.1) is 11.8 Å². The second-order valence-electron chi connectivity index (χ2n) is 5.07. The van der Waals surface area contributed by atoms with Crippen LogP contribution in [-0.2, 0) is 4.79 Å². The number of rotatable bonds is 4. The molecule has 2 aliphatic rings. The van der Waals surface area contributed by atoms with Crippen molar-refractivity contribution in [1.29, 1.82) is 0 Å². The van der Waals surface area contributed by atoms with Crippen LogP contribution < -0.4 is 5.73 Å². The Labute approximate surface area is 92.0 Å². The van der Waals surface area contributed by atoms with Crippen molar-refractivity contribution in [1.82, 2.24) is 4.90 Å². The number of hydrogen-bond donors (Lipinski definition) is 1. The van der Waals surface area contributed by atoms with Gasteiger partial charge >= 0.3 is 0 Å². The minimum Gasteiger partial charge on any atom is -0.338 e. The molecule has 2 fully saturated rings. The van der Waals surface area contributed by atoms with Crippen molar-refractivity contribution in [2.45, 2.75) is 45.1 Å². The highest BCUT2D eigenvalue weighted by Gasteiger charge is 2.38. The first-order valence-electron chi connectivity index (χ1n) is 6.24. The summed E-state index contributed by atoms with van der Waals surface area (Å²) in [5, 5.41) is 0. The summed E-state index contributed by atoms with van der Waals surface area (Å²) in [7, 11) is 0. The van der Waals surface area contributed by atoms with E-state index in [2.05, 4.69) is 6.92 Å². The Balaban J connectivity index is 1.96. The fraction of sp³-hybridized carbons (Fsp3) is 0.917. The SMILES string of the molecule is CC1CCCC1C(=O)N(CCN)C1CC1. The zero-order valence-corrected chi connectivity index (χ0v) is 9.61. The summed E-state index contributed by atoms with van der Waals surface area (Å²) >= 11 is 0. The smallest absolute Gasteiger partial charge is 0.226 e. The number of carbonyl (C=O) groups excluding carboxylic acids is 1. The molecule has 1 amide bonds. The third-order valence-electron chi connectivity index (χ3n) is 3.82. The molecule has 86 valence electrons. The van der Waals surface area contributed by atoms with Crippen LogP contribution >= 0.6 is 0 Å². The average Bonchev–Trinajstić information content (AvgIpc) is 2.97. The van der Waals surface area contributed by atoms with Crippen molar-refractivity contribution in [3.05, 3.63) is 0 Å². The van der Waals surface area contributed by atoms with Crippen LogP contribution in [0.3, 0.4) is 0 Å². The van der Waals surface area contributed by atoms with Crippen molar-refractivity contribution in [3.63, 3.8) is 0 Å². The van der Waals surface area contributed by atoms with Gasteiger partial charge in [0.1, 0.15) is 0 Å². The molecule has 0 aromatic carbocycles. The molecule has 2 N–H and O–H groups in total. The number of nitrogens with two attached hydrogens (primary N) is 1. The van der Waals surface area contributed by atoms with E-state index in [9.17, 15) is 4.79 Å². The van der Waals surface area contributed by atoms with E-state index in [0.29, 0.717) is 24.4 Å². The molecule has 0 aromatic rings. The zero-order valence-electron chi connectivity index (χ0n) is 9.61. The predicted octanol–water partition coefficient (Wildman–Crippen LogP) is 1.37. The molecule has 2 rings (SSSR count). The first-order valence-corrected chi connectivity index (χ1v) is 6.24. The summed E-state index contributed by atoms with van der Waals surface area (Å²) < 4.78 is 0. The highest BCUT2D eigenvalue weighted by molar-refractivity contribution is 5.80. The van der Waals surface area contributed by atoms with E-state index < -0.39 is 0 Å². The summed E-state index contributed by atoms with van der Waals surface area (Å²) in [4.78, 5) is 14.3. The molecule has 0 heterocycles. The molecular weight excluding hydrogens is 188 g/mol. The molecule has 0 saturated heterocycles. The summed E-state index contributed by atoms with van der Waals surface area (Å²) in [6.45, 7) is 3.57. The van der Waals surface area contributed by atoms with E-state index in [1.165, 1.54) is 25.7 Å². The Bertz CT molecular complexity index is 238. The van der Waals surface area contributed by atoms with Gasteiger partial charge in [0.05, 0.1) is 0 Å². The molecule has 0 radical (unpaired) electrons. The predicted molar refractivity (Wildman–Crippen MR) is 60.3 cm³/mol. The van der Waals surface area contributed by atoms with Gasteiger partial charge in [-0.2, -0.15) is 0 Å². The van der Waals surface area contributed by atoms with E-state index in [1.54, 1.807) is 0 Å². The number of amides is 1. The monoisotopic (exact) mass is 210 g/mol. The van der Waals surface area contributed by atoms with Crippen molar-refractivity contribution in [2.24, 2.45) is 17.6 Å². The third-order valence-corrected chi connectivity index (χ3v) is 3.82. The molecule has 15 heavy (non-hydrogen) atoms. The Kier molecular flexibility index (Phi) is 3.29. The topological polar surface area (TPSA) is 46.3 Å². The van der Waals surface area contributed by atoms with E-state index >= 15 is 0 Å². The van der Waals surface area contributed by atoms with Crippen LogP contribution in [0.4, 0.5) is 0 Å². The van der Waals surface area contributed by atoms with Crippen molar-refractivity contribution in [3.8, 4) is 0 Å². The molecule has 2 saturated carbocycles. The fourth-order valence-electron chi connectivity index (χ4n) is 2.72. The van der Waals surface area contributed by atoms with Crippen LogP contribution in [0.2, 0.25) is 0 Å². The molecule has 0 aliphatic heterocycles. The first-order chi connectivity index (χ1) is 7.24. The standard InChI is InChI=1S/C12H22N2O/c1-9-3-2-4-11(9)12(15)14(8-7-13)10-5-6-10/h9-11H,2-8,13H2,1H3. The lowest BCUT2D eigenvalue weighted by molar-refractivity contribution is -0.137. The van der Waals surface area contributed by atoms with E-state index in [1.807, 2.05) is 4.90 Å². The van der Waals surface area contributed by atoms with Crippen molar-refractivity contribution < 1.29 is 4.79 Å². The highest BCUT2D eigenvalue weighted by atomic mass is 16.2. The van der Waals surface area contributed by atoms with Gasteiger partial charge in [-0.3, -0.25) is 4.79 Å². The Morgan fingerprint density at radius 1 is 1.33 bits per heavy atom. The van der Waals surface area contributed by atoms with Gasteiger partial charge in [-0.25, -0.2) is 0 Å². The van der Waals surface area contributed by atoms with Crippen LogP contribution in [0.15, 0.2) is 0 Å². The largest absolute Gasteiger partial charge is 0.338 e. The maximum atomic E-state index is 12.3. The summed E-state index contributed by atoms with van der Waals surface area (Å²) in [6, 6.07) is 0.522. The van der Waals surface area contributed by atoms with Gasteiger partial charge in [0.2, 0.25) is 5.91 Å². The summed E-state index contributed by atoms with van der Waals surface area (Å²) in [6.07, 6.45) is 5.91.